The lowest BCUT2D eigenvalue weighted by atomic mass is 9.85. The van der Waals surface area contributed by atoms with Gasteiger partial charge in [-0.2, -0.15) is 0 Å². The molecule has 1 amide bonds. The number of hydrogen-bond donors (Lipinski definition) is 0. The molecule has 0 unspecified atom stereocenters. The molecule has 5 heteroatoms. The Balaban J connectivity index is 2.05. The highest BCUT2D eigenvalue weighted by Gasteiger charge is 2.39. The molecule has 0 aliphatic carbocycles. The summed E-state index contributed by atoms with van der Waals surface area (Å²) < 4.78 is 10.8. The Hall–Kier alpha value is -1.75. The summed E-state index contributed by atoms with van der Waals surface area (Å²) in [6.45, 7) is 2.91. The van der Waals surface area contributed by atoms with Gasteiger partial charge in [-0.25, -0.2) is 0 Å². The molecule has 1 aromatic rings. The third kappa shape index (κ3) is 2.25. The van der Waals surface area contributed by atoms with E-state index in [1.807, 2.05) is 13.1 Å². The molecule has 0 N–H and O–H groups in total. The molecule has 21 heavy (non-hydrogen) atoms. The fourth-order valence-electron chi connectivity index (χ4n) is 3.46. The molecule has 0 aromatic heterocycles. The smallest absolute Gasteiger partial charge is 0.225 e. The van der Waals surface area contributed by atoms with Crippen molar-refractivity contribution in [1.82, 2.24) is 9.80 Å². The fraction of sp³-hybridized carbons (Fsp3) is 0.562. The molecule has 1 fully saturated rings. The van der Waals surface area contributed by atoms with E-state index in [0.717, 1.165) is 17.9 Å². The number of carbonyl (C=O) groups excluding carboxylic acids is 1. The van der Waals surface area contributed by atoms with E-state index in [1.165, 1.54) is 11.1 Å². The van der Waals surface area contributed by atoms with Crippen molar-refractivity contribution in [3.8, 4) is 11.5 Å². The third-order valence-electron chi connectivity index (χ3n) is 4.66. The number of amides is 1. The molecule has 2 heterocycles. The van der Waals surface area contributed by atoms with Crippen LogP contribution in [-0.2, 0) is 11.2 Å². The highest BCUT2D eigenvalue weighted by atomic mass is 16.5. The van der Waals surface area contributed by atoms with Crippen LogP contribution >= 0.6 is 0 Å². The van der Waals surface area contributed by atoms with Gasteiger partial charge in [0.15, 0.2) is 11.5 Å². The maximum Gasteiger partial charge on any atom is 0.225 e. The van der Waals surface area contributed by atoms with Gasteiger partial charge in [0.05, 0.1) is 20.9 Å². The maximum absolute atomic E-state index is 12.1. The number of ether oxygens (including phenoxy) is 2. The molecule has 1 aromatic carbocycles. The predicted octanol–water partition coefficient (Wildman–Crippen LogP) is 1.81. The highest BCUT2D eigenvalue weighted by molar-refractivity contribution is 5.78. The topological polar surface area (TPSA) is 42.0 Å². The van der Waals surface area contributed by atoms with Gasteiger partial charge in [-0.15, -0.1) is 0 Å². The lowest BCUT2D eigenvalue weighted by Gasteiger charge is -2.47. The molecule has 1 saturated heterocycles. The molecular formula is C16H22N2O3. The Kier molecular flexibility index (Phi) is 3.53. The lowest BCUT2D eigenvalue weighted by Crippen LogP contribution is -2.53. The zero-order valence-corrected chi connectivity index (χ0v) is 13.0. The molecule has 0 bridgehead atoms. The summed E-state index contributed by atoms with van der Waals surface area (Å²) in [5.74, 6) is 1.69. The zero-order chi connectivity index (χ0) is 15.1. The summed E-state index contributed by atoms with van der Waals surface area (Å²) in [6, 6.07) is 4.66. The van der Waals surface area contributed by atoms with Gasteiger partial charge in [0, 0.05) is 25.6 Å². The number of carbonyl (C=O) groups is 1. The van der Waals surface area contributed by atoms with E-state index in [1.54, 1.807) is 19.1 Å². The lowest BCUT2D eigenvalue weighted by molar-refractivity contribution is -0.141. The average molecular weight is 290 g/mol. The number of nitrogens with zero attached hydrogens (tertiary/aromatic N) is 2. The van der Waals surface area contributed by atoms with E-state index < -0.39 is 0 Å². The maximum atomic E-state index is 12.1. The molecule has 114 valence electrons. The van der Waals surface area contributed by atoms with E-state index in [4.69, 9.17) is 9.47 Å². The van der Waals surface area contributed by atoms with E-state index in [0.29, 0.717) is 19.1 Å². The molecule has 5 nitrogen and oxygen atoms in total. The molecule has 0 radical (unpaired) electrons. The normalized spacial score (nSPS) is 25.3. The number of fused-ring (bicyclic) bond motifs is 3. The first kappa shape index (κ1) is 14.2. The molecule has 3 rings (SSSR count). The van der Waals surface area contributed by atoms with E-state index in [2.05, 4.69) is 17.9 Å². The van der Waals surface area contributed by atoms with Crippen LogP contribution in [0.5, 0.6) is 11.5 Å². The van der Waals surface area contributed by atoms with Crippen LogP contribution in [0.4, 0.5) is 0 Å². The second kappa shape index (κ2) is 5.22. The number of methoxy groups -OCH3 is 2. The van der Waals surface area contributed by atoms with Crippen LogP contribution in [0, 0.1) is 0 Å². The van der Waals surface area contributed by atoms with Crippen LogP contribution in [0.25, 0.3) is 0 Å². The van der Waals surface area contributed by atoms with Crippen molar-refractivity contribution in [2.24, 2.45) is 0 Å². The molecule has 2 aliphatic heterocycles. The van der Waals surface area contributed by atoms with Gasteiger partial charge in [0.25, 0.3) is 0 Å². The van der Waals surface area contributed by atoms with Crippen molar-refractivity contribution in [1.29, 1.82) is 0 Å². The first-order valence-electron chi connectivity index (χ1n) is 7.29. The Bertz CT molecular complexity index is 573. The van der Waals surface area contributed by atoms with Crippen molar-refractivity contribution in [2.75, 3.05) is 27.9 Å². The van der Waals surface area contributed by atoms with E-state index in [9.17, 15) is 4.79 Å². The molecule has 2 atom stereocenters. The Morgan fingerprint density at radius 3 is 2.48 bits per heavy atom. The van der Waals surface area contributed by atoms with Crippen molar-refractivity contribution >= 4 is 5.91 Å². The standard InChI is InChI=1S/C16H22N2O3/c1-10-5-11-6-14(20-3)15(21-4)7-12(11)13-8-16(19)17(2)9-18(10)13/h6-7,10,13H,5,8-9H2,1-4H3/t10-,13+/m0/s1. The van der Waals surface area contributed by atoms with E-state index in [-0.39, 0.29) is 11.9 Å². The van der Waals surface area contributed by atoms with Crippen LogP contribution < -0.4 is 9.47 Å². The Labute approximate surface area is 125 Å². The first-order chi connectivity index (χ1) is 10.0. The van der Waals surface area contributed by atoms with Gasteiger partial charge in [-0.1, -0.05) is 0 Å². The Morgan fingerprint density at radius 2 is 1.81 bits per heavy atom. The number of hydrogen-bond acceptors (Lipinski definition) is 4. The summed E-state index contributed by atoms with van der Waals surface area (Å²) in [7, 11) is 5.17. The van der Waals surface area contributed by atoms with Crippen LogP contribution in [0.1, 0.15) is 30.5 Å². The third-order valence-corrected chi connectivity index (χ3v) is 4.66. The molecule has 2 aliphatic rings. The summed E-state index contributed by atoms with van der Waals surface area (Å²) in [5, 5.41) is 0. The second-order valence-electron chi connectivity index (χ2n) is 5.93. The minimum absolute atomic E-state index is 0.146. The van der Waals surface area contributed by atoms with Crippen LogP contribution in [0.15, 0.2) is 12.1 Å². The van der Waals surface area contributed by atoms with Gasteiger partial charge in [0.1, 0.15) is 0 Å². The monoisotopic (exact) mass is 290 g/mol. The molecule has 0 spiro atoms. The van der Waals surface area contributed by atoms with Gasteiger partial charge in [0.2, 0.25) is 5.91 Å². The summed E-state index contributed by atoms with van der Waals surface area (Å²) in [6.07, 6.45) is 1.50. The second-order valence-corrected chi connectivity index (χ2v) is 5.93. The minimum Gasteiger partial charge on any atom is -0.493 e. The van der Waals surface area contributed by atoms with Crippen LogP contribution in [0.3, 0.4) is 0 Å². The van der Waals surface area contributed by atoms with Gasteiger partial charge in [-0.05, 0) is 36.6 Å². The fourth-order valence-corrected chi connectivity index (χ4v) is 3.46. The number of benzene rings is 1. The Morgan fingerprint density at radius 1 is 1.14 bits per heavy atom. The minimum atomic E-state index is 0.146. The van der Waals surface area contributed by atoms with Crippen molar-refractivity contribution in [3.05, 3.63) is 23.3 Å². The molecular weight excluding hydrogens is 268 g/mol. The quantitative estimate of drug-likeness (QED) is 0.833. The van der Waals surface area contributed by atoms with Gasteiger partial charge < -0.3 is 14.4 Å². The average Bonchev–Trinajstić information content (AvgIpc) is 2.48. The first-order valence-corrected chi connectivity index (χ1v) is 7.29. The number of rotatable bonds is 2. The van der Waals surface area contributed by atoms with Crippen LogP contribution in [-0.4, -0.2) is 49.7 Å². The largest absolute Gasteiger partial charge is 0.493 e. The van der Waals surface area contributed by atoms with Crippen LogP contribution in [0.2, 0.25) is 0 Å². The van der Waals surface area contributed by atoms with Crippen molar-refractivity contribution < 1.29 is 14.3 Å². The van der Waals surface area contributed by atoms with Crippen molar-refractivity contribution in [2.45, 2.75) is 31.8 Å². The predicted molar refractivity (Wildman–Crippen MR) is 79.5 cm³/mol. The van der Waals surface area contributed by atoms with Gasteiger partial charge in [-0.3, -0.25) is 9.69 Å². The summed E-state index contributed by atoms with van der Waals surface area (Å²) in [5.41, 5.74) is 2.46. The summed E-state index contributed by atoms with van der Waals surface area (Å²) in [4.78, 5) is 16.3. The highest BCUT2D eigenvalue weighted by Crippen LogP contribution is 2.42. The van der Waals surface area contributed by atoms with Crippen molar-refractivity contribution in [3.63, 3.8) is 0 Å². The summed E-state index contributed by atoms with van der Waals surface area (Å²) >= 11 is 0. The zero-order valence-electron chi connectivity index (χ0n) is 13.0. The molecule has 0 saturated carbocycles. The SMILES string of the molecule is COc1cc2c(cc1OC)[C@H]1CC(=O)N(C)CN1[C@@H](C)C2. The van der Waals surface area contributed by atoms with Gasteiger partial charge >= 0.3 is 0 Å². The van der Waals surface area contributed by atoms with E-state index >= 15 is 0 Å².